The van der Waals surface area contributed by atoms with E-state index in [1.165, 1.54) is 31.1 Å². The molecule has 41 heavy (non-hydrogen) atoms. The van der Waals surface area contributed by atoms with Crippen molar-refractivity contribution in [1.29, 1.82) is 0 Å². The Hall–Kier alpha value is -3.76. The summed E-state index contributed by atoms with van der Waals surface area (Å²) in [5, 5.41) is 3.15. The van der Waals surface area contributed by atoms with E-state index < -0.39 is 34.5 Å². The molecule has 8 nitrogen and oxygen atoms in total. The van der Waals surface area contributed by atoms with E-state index in [-0.39, 0.29) is 30.6 Å². The molecular weight excluding hydrogens is 543 g/mol. The predicted octanol–water partition coefficient (Wildman–Crippen LogP) is 4.14. The summed E-state index contributed by atoms with van der Waals surface area (Å²) in [5.74, 6) is -1.35. The molecule has 4 rings (SSSR count). The summed E-state index contributed by atoms with van der Waals surface area (Å²) in [5.41, 5.74) is 1.82. The quantitative estimate of drug-likeness (QED) is 0.349. The fourth-order valence-corrected chi connectivity index (χ4v) is 6.08. The monoisotopic (exact) mass is 580 g/mol. The minimum atomic E-state index is -4.13. The molecule has 1 aliphatic carbocycles. The maximum Gasteiger partial charge on any atom is 0.304 e. The van der Waals surface area contributed by atoms with Crippen molar-refractivity contribution in [2.24, 2.45) is 0 Å². The fraction of sp³-hybridized carbons (Fsp3) is 0.355. The molecule has 0 aliphatic heterocycles. The molecule has 0 saturated heterocycles. The lowest BCUT2D eigenvalue weighted by Gasteiger charge is -2.35. The number of hydrogen-bond acceptors (Lipinski definition) is 4. The standard InChI is InChI=1S/C31H37FN4O4S/c1-34(2)41(39,40)36(28-19-17-26(32)18-20-28)23-30(37)35(22-25-13-7-4-8-14-25)29(21-24-11-5-3-6-12-24)31(38)33-27-15-9-10-16-27/h3-8,11-14,17-20,27,29H,9-10,15-16,21-23H2,1-2H3,(H,33,38)/t29-/m1/s1. The van der Waals surface area contributed by atoms with Crippen molar-refractivity contribution in [3.63, 3.8) is 0 Å². The van der Waals surface area contributed by atoms with Gasteiger partial charge in [0.05, 0.1) is 5.69 Å². The first kappa shape index (κ1) is 30.2. The van der Waals surface area contributed by atoms with Crippen LogP contribution in [0.3, 0.4) is 0 Å². The van der Waals surface area contributed by atoms with E-state index in [0.29, 0.717) is 0 Å². The molecule has 0 spiro atoms. The first-order valence-corrected chi connectivity index (χ1v) is 15.2. The highest BCUT2D eigenvalue weighted by Gasteiger charge is 2.35. The molecule has 0 aromatic heterocycles. The number of nitrogens with one attached hydrogen (secondary N) is 1. The van der Waals surface area contributed by atoms with Crippen LogP contribution >= 0.6 is 0 Å². The van der Waals surface area contributed by atoms with Crippen LogP contribution in [0.2, 0.25) is 0 Å². The Kier molecular flexibility index (Phi) is 10.1. The molecule has 0 bridgehead atoms. The van der Waals surface area contributed by atoms with Crippen LogP contribution in [0, 0.1) is 5.82 Å². The van der Waals surface area contributed by atoms with E-state index in [1.807, 2.05) is 60.7 Å². The summed E-state index contributed by atoms with van der Waals surface area (Å²) in [7, 11) is -1.40. The second-order valence-electron chi connectivity index (χ2n) is 10.5. The fourth-order valence-electron chi connectivity index (χ4n) is 5.03. The highest BCUT2D eigenvalue weighted by molar-refractivity contribution is 7.90. The Morgan fingerprint density at radius 1 is 0.878 bits per heavy atom. The molecule has 3 aromatic rings. The van der Waals surface area contributed by atoms with E-state index >= 15 is 0 Å². The SMILES string of the molecule is CN(C)S(=O)(=O)N(CC(=O)N(Cc1ccccc1)[C@H](Cc1ccccc1)C(=O)NC1CCCC1)c1ccc(F)cc1. The lowest BCUT2D eigenvalue weighted by molar-refractivity contribution is -0.140. The minimum Gasteiger partial charge on any atom is -0.352 e. The van der Waals surface area contributed by atoms with Crippen molar-refractivity contribution in [2.75, 3.05) is 24.9 Å². The van der Waals surface area contributed by atoms with Crippen LogP contribution in [0.1, 0.15) is 36.8 Å². The highest BCUT2D eigenvalue weighted by atomic mass is 32.2. The average molecular weight is 581 g/mol. The van der Waals surface area contributed by atoms with Crippen LogP contribution in [0.5, 0.6) is 0 Å². The zero-order valence-corrected chi connectivity index (χ0v) is 24.3. The van der Waals surface area contributed by atoms with Gasteiger partial charge in [-0.2, -0.15) is 12.7 Å². The summed E-state index contributed by atoms with van der Waals surface area (Å²) in [6.07, 6.45) is 4.10. The first-order valence-electron chi connectivity index (χ1n) is 13.8. The van der Waals surface area contributed by atoms with Gasteiger partial charge in [-0.1, -0.05) is 73.5 Å². The first-order chi connectivity index (χ1) is 19.6. The maximum atomic E-state index is 14.2. The number of carbonyl (C=O) groups excluding carboxylic acids is 2. The van der Waals surface area contributed by atoms with Gasteiger partial charge in [-0.05, 0) is 48.2 Å². The molecule has 10 heteroatoms. The van der Waals surface area contributed by atoms with E-state index in [1.54, 1.807) is 0 Å². The van der Waals surface area contributed by atoms with Gasteiger partial charge < -0.3 is 10.2 Å². The molecule has 3 aromatic carbocycles. The Balaban J connectivity index is 1.73. The number of nitrogens with zero attached hydrogens (tertiary/aromatic N) is 3. The third kappa shape index (κ3) is 7.92. The number of amides is 2. The van der Waals surface area contributed by atoms with Gasteiger partial charge in [-0.25, -0.2) is 8.70 Å². The van der Waals surface area contributed by atoms with Crippen LogP contribution in [-0.2, 0) is 32.8 Å². The number of anilines is 1. The Morgan fingerprint density at radius 3 is 2.00 bits per heavy atom. The molecule has 218 valence electrons. The van der Waals surface area contributed by atoms with Crippen molar-refractivity contribution < 1.29 is 22.4 Å². The highest BCUT2D eigenvalue weighted by Crippen LogP contribution is 2.23. The van der Waals surface area contributed by atoms with Gasteiger partial charge in [0.1, 0.15) is 18.4 Å². The summed E-state index contributed by atoms with van der Waals surface area (Å²) in [6, 6.07) is 22.8. The largest absolute Gasteiger partial charge is 0.352 e. The third-order valence-corrected chi connectivity index (χ3v) is 9.12. The topological polar surface area (TPSA) is 90.0 Å². The van der Waals surface area contributed by atoms with Crippen LogP contribution in [0.15, 0.2) is 84.9 Å². The van der Waals surface area contributed by atoms with Gasteiger partial charge in [0.25, 0.3) is 0 Å². The molecule has 0 heterocycles. The van der Waals surface area contributed by atoms with Gasteiger partial charge in [0, 0.05) is 33.1 Å². The molecule has 1 saturated carbocycles. The molecule has 2 amide bonds. The number of hydrogen-bond donors (Lipinski definition) is 1. The third-order valence-electron chi connectivity index (χ3n) is 7.30. The Morgan fingerprint density at radius 2 is 1.44 bits per heavy atom. The van der Waals surface area contributed by atoms with Gasteiger partial charge in [0.2, 0.25) is 11.8 Å². The Bertz CT molecular complexity index is 1400. The van der Waals surface area contributed by atoms with Crippen molar-refractivity contribution in [1.82, 2.24) is 14.5 Å². The van der Waals surface area contributed by atoms with Gasteiger partial charge in [0.15, 0.2) is 0 Å². The molecule has 1 aliphatic rings. The zero-order valence-electron chi connectivity index (χ0n) is 23.4. The molecular formula is C31H37FN4O4S. The molecule has 1 atom stereocenters. The normalized spacial score (nSPS) is 14.5. The number of rotatable bonds is 12. The average Bonchev–Trinajstić information content (AvgIpc) is 3.48. The lowest BCUT2D eigenvalue weighted by atomic mass is 10.0. The van der Waals surface area contributed by atoms with E-state index in [2.05, 4.69) is 5.32 Å². The summed E-state index contributed by atoms with van der Waals surface area (Å²) >= 11 is 0. The van der Waals surface area contributed by atoms with E-state index in [0.717, 1.165) is 57.6 Å². The Labute approximate surface area is 241 Å². The summed E-state index contributed by atoms with van der Waals surface area (Å²) in [4.78, 5) is 29.5. The number of halogens is 1. The second kappa shape index (κ2) is 13.7. The molecule has 1 N–H and O–H groups in total. The van der Waals surface area contributed by atoms with Gasteiger partial charge >= 0.3 is 10.2 Å². The minimum absolute atomic E-state index is 0.0410. The lowest BCUT2D eigenvalue weighted by Crippen LogP contribution is -2.55. The van der Waals surface area contributed by atoms with Crippen molar-refractivity contribution in [3.8, 4) is 0 Å². The van der Waals surface area contributed by atoms with Crippen LogP contribution < -0.4 is 9.62 Å². The summed E-state index contributed by atoms with van der Waals surface area (Å²) in [6.45, 7) is -0.463. The predicted molar refractivity (Wildman–Crippen MR) is 158 cm³/mol. The van der Waals surface area contributed by atoms with E-state index in [4.69, 9.17) is 0 Å². The van der Waals surface area contributed by atoms with Crippen molar-refractivity contribution >= 4 is 27.7 Å². The van der Waals surface area contributed by atoms with E-state index in [9.17, 15) is 22.4 Å². The van der Waals surface area contributed by atoms with Crippen molar-refractivity contribution in [2.45, 2.75) is 50.7 Å². The summed E-state index contributed by atoms with van der Waals surface area (Å²) < 4.78 is 42.4. The smallest absolute Gasteiger partial charge is 0.304 e. The number of carbonyl (C=O) groups is 2. The molecule has 0 radical (unpaired) electrons. The number of benzene rings is 3. The van der Waals surface area contributed by atoms with Gasteiger partial charge in [-0.3, -0.25) is 9.59 Å². The second-order valence-corrected chi connectivity index (χ2v) is 12.5. The zero-order chi connectivity index (χ0) is 29.4. The molecule has 0 unspecified atom stereocenters. The maximum absolute atomic E-state index is 14.2. The molecule has 1 fully saturated rings. The van der Waals surface area contributed by atoms with Gasteiger partial charge in [-0.15, -0.1) is 0 Å². The van der Waals surface area contributed by atoms with Crippen LogP contribution in [0.25, 0.3) is 0 Å². The van der Waals surface area contributed by atoms with Crippen LogP contribution in [-0.4, -0.2) is 62.2 Å². The van der Waals surface area contributed by atoms with Crippen LogP contribution in [0.4, 0.5) is 10.1 Å². The van der Waals surface area contributed by atoms with Crippen molar-refractivity contribution in [3.05, 3.63) is 102 Å².